The molecular formula is C15H14Cl2N2O4S. The van der Waals surface area contributed by atoms with Gasteiger partial charge >= 0.3 is 0 Å². The standard InChI is InChI=1S/C15H14Cl2N2O4S/c16-11-2-4-12(5-3-11)19-24(22,23)14-9-10(1-6-13(14)17)15(21)18-7-8-20/h1-6,9,19-20H,7-8H2,(H,18,21). The van der Waals surface area contributed by atoms with Gasteiger partial charge in [0.1, 0.15) is 4.90 Å². The molecule has 0 fully saturated rings. The summed E-state index contributed by atoms with van der Waals surface area (Å²) in [5.41, 5.74) is 0.426. The number of carbonyl (C=O) groups is 1. The van der Waals surface area contributed by atoms with Crippen molar-refractivity contribution in [3.05, 3.63) is 58.1 Å². The van der Waals surface area contributed by atoms with Crippen LogP contribution in [0.25, 0.3) is 0 Å². The first kappa shape index (κ1) is 18.5. The third-order valence-corrected chi connectivity index (χ3v) is 5.09. The summed E-state index contributed by atoms with van der Waals surface area (Å²) in [5.74, 6) is -0.511. The van der Waals surface area contributed by atoms with E-state index < -0.39 is 15.9 Å². The van der Waals surface area contributed by atoms with Crippen LogP contribution in [-0.4, -0.2) is 32.6 Å². The average Bonchev–Trinajstić information content (AvgIpc) is 2.54. The first-order chi connectivity index (χ1) is 11.3. The first-order valence-corrected chi connectivity index (χ1v) is 9.04. The van der Waals surface area contributed by atoms with Crippen LogP contribution in [0.5, 0.6) is 0 Å². The van der Waals surface area contributed by atoms with Gasteiger partial charge in [0.05, 0.1) is 11.6 Å². The van der Waals surface area contributed by atoms with Crippen LogP contribution >= 0.6 is 23.2 Å². The van der Waals surface area contributed by atoms with Gasteiger partial charge in [-0.25, -0.2) is 8.42 Å². The van der Waals surface area contributed by atoms with Gasteiger partial charge in [0.25, 0.3) is 15.9 Å². The van der Waals surface area contributed by atoms with Crippen LogP contribution in [0.3, 0.4) is 0 Å². The van der Waals surface area contributed by atoms with Crippen LogP contribution in [0.4, 0.5) is 5.69 Å². The van der Waals surface area contributed by atoms with Gasteiger partial charge in [0.2, 0.25) is 0 Å². The number of hydrogen-bond donors (Lipinski definition) is 3. The van der Waals surface area contributed by atoms with Gasteiger partial charge in [0.15, 0.2) is 0 Å². The molecule has 0 aromatic heterocycles. The predicted octanol–water partition coefficient (Wildman–Crippen LogP) is 2.52. The quantitative estimate of drug-likeness (QED) is 0.708. The number of amides is 1. The molecule has 24 heavy (non-hydrogen) atoms. The van der Waals surface area contributed by atoms with E-state index in [1.165, 1.54) is 30.3 Å². The molecule has 0 aliphatic rings. The smallest absolute Gasteiger partial charge is 0.263 e. The zero-order valence-corrected chi connectivity index (χ0v) is 14.6. The minimum Gasteiger partial charge on any atom is -0.395 e. The molecule has 3 N–H and O–H groups in total. The molecule has 0 unspecified atom stereocenters. The van der Waals surface area contributed by atoms with Crippen LogP contribution in [0.1, 0.15) is 10.4 Å². The Labute approximate surface area is 149 Å². The van der Waals surface area contributed by atoms with E-state index in [0.29, 0.717) is 10.7 Å². The molecule has 0 spiro atoms. The molecule has 1 amide bonds. The Bertz CT molecular complexity index is 839. The highest BCUT2D eigenvalue weighted by atomic mass is 35.5. The molecular weight excluding hydrogens is 375 g/mol. The van der Waals surface area contributed by atoms with Gasteiger partial charge < -0.3 is 10.4 Å². The maximum absolute atomic E-state index is 12.5. The number of hydrogen-bond acceptors (Lipinski definition) is 4. The monoisotopic (exact) mass is 388 g/mol. The highest BCUT2D eigenvalue weighted by Crippen LogP contribution is 2.25. The van der Waals surface area contributed by atoms with E-state index in [2.05, 4.69) is 10.0 Å². The van der Waals surface area contributed by atoms with E-state index in [1.54, 1.807) is 12.1 Å². The second-order valence-electron chi connectivity index (χ2n) is 4.74. The maximum atomic E-state index is 12.5. The van der Waals surface area contributed by atoms with Crippen molar-refractivity contribution in [2.75, 3.05) is 17.9 Å². The summed E-state index contributed by atoms with van der Waals surface area (Å²) in [6, 6.07) is 9.99. The Morgan fingerprint density at radius 2 is 1.75 bits per heavy atom. The summed E-state index contributed by atoms with van der Waals surface area (Å²) in [6.45, 7) is -0.158. The van der Waals surface area contributed by atoms with E-state index >= 15 is 0 Å². The molecule has 9 heteroatoms. The first-order valence-electron chi connectivity index (χ1n) is 6.80. The molecule has 0 saturated carbocycles. The molecule has 0 radical (unpaired) electrons. The summed E-state index contributed by atoms with van der Waals surface area (Å²) < 4.78 is 27.4. The van der Waals surface area contributed by atoms with Crippen molar-refractivity contribution < 1.29 is 18.3 Å². The van der Waals surface area contributed by atoms with Crippen molar-refractivity contribution in [2.45, 2.75) is 4.90 Å². The third kappa shape index (κ3) is 4.61. The second kappa shape index (κ2) is 7.85. The Morgan fingerprint density at radius 3 is 2.38 bits per heavy atom. The number of nitrogens with one attached hydrogen (secondary N) is 2. The number of sulfonamides is 1. The number of benzene rings is 2. The Hall–Kier alpha value is -1.80. The summed E-state index contributed by atoms with van der Waals surface area (Å²) in [7, 11) is -3.99. The highest BCUT2D eigenvalue weighted by molar-refractivity contribution is 7.92. The van der Waals surface area contributed by atoms with E-state index in [4.69, 9.17) is 28.3 Å². The van der Waals surface area contributed by atoms with E-state index in [0.717, 1.165) is 0 Å². The lowest BCUT2D eigenvalue weighted by molar-refractivity contribution is 0.0944. The molecule has 0 aliphatic carbocycles. The Balaban J connectivity index is 2.31. The van der Waals surface area contributed by atoms with Crippen molar-refractivity contribution in [2.24, 2.45) is 0 Å². The Morgan fingerprint density at radius 1 is 1.08 bits per heavy atom. The lowest BCUT2D eigenvalue weighted by atomic mass is 10.2. The summed E-state index contributed by atoms with van der Waals surface area (Å²) in [6.07, 6.45) is 0. The predicted molar refractivity (Wildman–Crippen MR) is 93.1 cm³/mol. The number of rotatable bonds is 6. The lowest BCUT2D eigenvalue weighted by Crippen LogP contribution is -2.26. The van der Waals surface area contributed by atoms with Crippen molar-refractivity contribution in [1.82, 2.24) is 5.32 Å². The van der Waals surface area contributed by atoms with Gasteiger partial charge in [-0.05, 0) is 42.5 Å². The van der Waals surface area contributed by atoms with Crippen molar-refractivity contribution in [3.63, 3.8) is 0 Å². The lowest BCUT2D eigenvalue weighted by Gasteiger charge is -2.11. The number of aliphatic hydroxyl groups is 1. The van der Waals surface area contributed by atoms with E-state index in [9.17, 15) is 13.2 Å². The average molecular weight is 389 g/mol. The minimum atomic E-state index is -3.99. The molecule has 0 bridgehead atoms. The van der Waals surface area contributed by atoms with Crippen molar-refractivity contribution in [1.29, 1.82) is 0 Å². The van der Waals surface area contributed by atoms with Gasteiger partial charge in [-0.3, -0.25) is 9.52 Å². The normalized spacial score (nSPS) is 11.1. The third-order valence-electron chi connectivity index (χ3n) is 2.98. The maximum Gasteiger partial charge on any atom is 0.263 e. The second-order valence-corrected chi connectivity index (χ2v) is 7.23. The molecule has 128 valence electrons. The van der Waals surface area contributed by atoms with E-state index in [1.807, 2.05) is 0 Å². The molecule has 2 rings (SSSR count). The summed E-state index contributed by atoms with van der Waals surface area (Å²) in [4.78, 5) is 11.7. The van der Waals surface area contributed by atoms with Gasteiger partial charge in [-0.1, -0.05) is 23.2 Å². The Kier molecular flexibility index (Phi) is 6.06. The van der Waals surface area contributed by atoms with Crippen LogP contribution in [0.15, 0.2) is 47.4 Å². The molecule has 0 heterocycles. The summed E-state index contributed by atoms with van der Waals surface area (Å²) in [5, 5.41) is 11.6. The number of aliphatic hydroxyl groups excluding tert-OH is 1. The van der Waals surface area contributed by atoms with Gasteiger partial charge in [-0.2, -0.15) is 0 Å². The van der Waals surface area contributed by atoms with Crippen LogP contribution in [0, 0.1) is 0 Å². The molecule has 2 aromatic carbocycles. The van der Waals surface area contributed by atoms with Crippen LogP contribution in [0.2, 0.25) is 10.0 Å². The molecule has 2 aromatic rings. The van der Waals surface area contributed by atoms with Crippen LogP contribution in [-0.2, 0) is 10.0 Å². The molecule has 0 atom stereocenters. The van der Waals surface area contributed by atoms with Crippen molar-refractivity contribution in [3.8, 4) is 0 Å². The number of carbonyl (C=O) groups excluding carboxylic acids is 1. The molecule has 6 nitrogen and oxygen atoms in total. The van der Waals surface area contributed by atoms with E-state index in [-0.39, 0.29) is 28.6 Å². The number of halogens is 2. The zero-order chi connectivity index (χ0) is 17.7. The van der Waals surface area contributed by atoms with Gasteiger partial charge in [0, 0.05) is 22.8 Å². The van der Waals surface area contributed by atoms with Gasteiger partial charge in [-0.15, -0.1) is 0 Å². The van der Waals surface area contributed by atoms with Crippen LogP contribution < -0.4 is 10.0 Å². The minimum absolute atomic E-state index is 0.0184. The summed E-state index contributed by atoms with van der Waals surface area (Å²) >= 11 is 11.7. The fourth-order valence-corrected chi connectivity index (χ4v) is 3.56. The fourth-order valence-electron chi connectivity index (χ4n) is 1.85. The van der Waals surface area contributed by atoms with Crippen molar-refractivity contribution >= 4 is 44.8 Å². The largest absolute Gasteiger partial charge is 0.395 e. The molecule has 0 saturated heterocycles. The zero-order valence-electron chi connectivity index (χ0n) is 12.3. The fraction of sp³-hybridized carbons (Fsp3) is 0.133. The topological polar surface area (TPSA) is 95.5 Å². The molecule has 0 aliphatic heterocycles. The SMILES string of the molecule is O=C(NCCO)c1ccc(Cl)c(S(=O)(=O)Nc2ccc(Cl)cc2)c1. The highest BCUT2D eigenvalue weighted by Gasteiger charge is 2.20. The number of anilines is 1.